The van der Waals surface area contributed by atoms with Crippen LogP contribution >= 0.6 is 0 Å². The van der Waals surface area contributed by atoms with Gasteiger partial charge in [-0.2, -0.15) is 19.6 Å². The van der Waals surface area contributed by atoms with Crippen molar-refractivity contribution in [3.05, 3.63) is 47.2 Å². The van der Waals surface area contributed by atoms with Crippen molar-refractivity contribution in [2.45, 2.75) is 51.6 Å². The van der Waals surface area contributed by atoms with Crippen LogP contribution in [0.4, 0.5) is 11.9 Å². The van der Waals surface area contributed by atoms with Crippen molar-refractivity contribution >= 4 is 23.3 Å². The number of rotatable bonds is 9. The molecule has 32 heavy (non-hydrogen) atoms. The predicted molar refractivity (Wildman–Crippen MR) is 124 cm³/mol. The zero-order chi connectivity index (χ0) is 22.5. The Labute approximate surface area is 187 Å². The van der Waals surface area contributed by atoms with Crippen LogP contribution in [-0.4, -0.2) is 51.2 Å². The van der Waals surface area contributed by atoms with Gasteiger partial charge in [-0.05, 0) is 29.9 Å². The predicted octanol–water partition coefficient (Wildman–Crippen LogP) is 2.52. The van der Waals surface area contributed by atoms with Crippen LogP contribution in [0.3, 0.4) is 0 Å². The highest BCUT2D eigenvalue weighted by Crippen LogP contribution is 2.23. The molecule has 3 aromatic rings. The maximum atomic E-state index is 11.7. The van der Waals surface area contributed by atoms with Gasteiger partial charge < -0.3 is 21.1 Å². The van der Waals surface area contributed by atoms with Gasteiger partial charge in [0.15, 0.2) is 11.4 Å². The van der Waals surface area contributed by atoms with Crippen molar-refractivity contribution in [1.29, 1.82) is 0 Å². The molecule has 170 valence electrons. The molecule has 0 spiro atoms. The van der Waals surface area contributed by atoms with Crippen LogP contribution in [0.5, 0.6) is 0 Å². The average molecular weight is 438 g/mol. The van der Waals surface area contributed by atoms with Gasteiger partial charge in [-0.15, -0.1) is 0 Å². The van der Waals surface area contributed by atoms with Crippen molar-refractivity contribution in [1.82, 2.24) is 19.6 Å². The summed E-state index contributed by atoms with van der Waals surface area (Å²) in [6, 6.07) is 8.22. The Morgan fingerprint density at radius 3 is 2.78 bits per heavy atom. The smallest absolute Gasteiger partial charge is 0.229 e. The molecule has 9 nitrogen and oxygen atoms in total. The Bertz CT molecular complexity index is 1070. The van der Waals surface area contributed by atoms with Crippen LogP contribution < -0.4 is 16.4 Å². The van der Waals surface area contributed by atoms with Crippen LogP contribution in [0.2, 0.25) is 0 Å². The molecule has 1 saturated heterocycles. The number of carbonyl (C=O) groups excluding carboxylic acids is 1. The van der Waals surface area contributed by atoms with Gasteiger partial charge in [0.1, 0.15) is 0 Å². The minimum absolute atomic E-state index is 0.0224. The molecule has 1 aromatic carbocycles. The van der Waals surface area contributed by atoms with E-state index in [4.69, 9.17) is 20.4 Å². The fourth-order valence-corrected chi connectivity index (χ4v) is 3.84. The molecule has 1 aliphatic heterocycles. The van der Waals surface area contributed by atoms with Crippen LogP contribution in [0, 0.1) is 0 Å². The lowest BCUT2D eigenvalue weighted by molar-refractivity contribution is -0.117. The van der Waals surface area contributed by atoms with Crippen LogP contribution in [0.25, 0.3) is 5.65 Å². The van der Waals surface area contributed by atoms with E-state index in [1.807, 2.05) is 30.5 Å². The van der Waals surface area contributed by atoms with E-state index in [2.05, 4.69) is 29.6 Å². The molecule has 1 aliphatic rings. The van der Waals surface area contributed by atoms with Crippen molar-refractivity contribution in [3.63, 3.8) is 0 Å². The summed E-state index contributed by atoms with van der Waals surface area (Å²) in [6.45, 7) is 6.36. The van der Waals surface area contributed by atoms with Gasteiger partial charge in [0.2, 0.25) is 11.9 Å². The monoisotopic (exact) mass is 437 g/mol. The normalized spacial score (nSPS) is 14.8. The lowest BCUT2D eigenvalue weighted by atomic mass is 10.1. The third-order valence-electron chi connectivity index (χ3n) is 5.64. The highest BCUT2D eigenvalue weighted by atomic mass is 16.5. The Kier molecular flexibility index (Phi) is 6.96. The molecule has 0 saturated carbocycles. The maximum absolute atomic E-state index is 11.7. The molecular formula is C23H31N7O2. The highest BCUT2D eigenvalue weighted by molar-refractivity contribution is 5.82. The molecule has 0 bridgehead atoms. The molecule has 4 N–H and O–H groups in total. The second-order valence-corrected chi connectivity index (χ2v) is 8.48. The minimum atomic E-state index is 0.0224. The lowest BCUT2D eigenvalue weighted by Gasteiger charge is -2.23. The number of hydrogen-bond donors (Lipinski definition) is 3. The van der Waals surface area contributed by atoms with Crippen molar-refractivity contribution in [2.24, 2.45) is 5.73 Å². The number of fused-ring (bicyclic) bond motifs is 1. The molecule has 0 radical (unpaired) electrons. The Hall–Kier alpha value is -3.04. The van der Waals surface area contributed by atoms with Gasteiger partial charge in [-0.3, -0.25) is 4.79 Å². The zero-order valence-electron chi connectivity index (χ0n) is 18.7. The summed E-state index contributed by atoms with van der Waals surface area (Å²) in [5.41, 5.74) is 9.33. The Morgan fingerprint density at radius 2 is 2.03 bits per heavy atom. The van der Waals surface area contributed by atoms with Crippen molar-refractivity contribution in [2.75, 3.05) is 30.4 Å². The third kappa shape index (κ3) is 5.23. The SMILES string of the molecule is CC(C)c1cnn2c(NCc3cccc(CC(=O)CN)c3)nc(NC3CCOCC3)nc12. The van der Waals surface area contributed by atoms with Crippen LogP contribution in [0.15, 0.2) is 30.5 Å². The number of ether oxygens (including phenoxy) is 1. The number of nitrogens with two attached hydrogens (primary N) is 1. The quantitative estimate of drug-likeness (QED) is 0.467. The number of carbonyl (C=O) groups is 1. The molecule has 0 unspecified atom stereocenters. The summed E-state index contributed by atoms with van der Waals surface area (Å²) in [5.74, 6) is 1.54. The second-order valence-electron chi connectivity index (χ2n) is 8.48. The summed E-state index contributed by atoms with van der Waals surface area (Å²) in [6.07, 6.45) is 4.07. The van der Waals surface area contributed by atoms with E-state index < -0.39 is 0 Å². The molecule has 0 aliphatic carbocycles. The highest BCUT2D eigenvalue weighted by Gasteiger charge is 2.19. The van der Waals surface area contributed by atoms with Crippen molar-refractivity contribution < 1.29 is 9.53 Å². The van der Waals surface area contributed by atoms with Gasteiger partial charge in [0, 0.05) is 37.8 Å². The van der Waals surface area contributed by atoms with Gasteiger partial charge in [-0.1, -0.05) is 38.1 Å². The van der Waals surface area contributed by atoms with Gasteiger partial charge >= 0.3 is 0 Å². The van der Waals surface area contributed by atoms with Gasteiger partial charge in [0.25, 0.3) is 0 Å². The number of nitrogens with one attached hydrogen (secondary N) is 2. The standard InChI is InChI=1S/C23H31N7O2/c1-15(2)20-14-26-30-21(20)28-22(27-18-6-8-32-9-7-18)29-23(30)25-13-17-5-3-4-16(10-17)11-19(31)12-24/h3-5,10,14-15,18H,6-9,11-13,24H2,1-2H3,(H2,25,27,28,29). The van der Waals surface area contributed by atoms with Gasteiger partial charge in [-0.25, -0.2) is 0 Å². The molecular weight excluding hydrogens is 406 g/mol. The third-order valence-corrected chi connectivity index (χ3v) is 5.64. The number of aromatic nitrogens is 4. The Morgan fingerprint density at radius 1 is 1.25 bits per heavy atom. The van der Waals surface area contributed by atoms with E-state index in [-0.39, 0.29) is 12.3 Å². The molecule has 3 heterocycles. The number of ketones is 1. The number of hydrogen-bond acceptors (Lipinski definition) is 8. The topological polar surface area (TPSA) is 119 Å². The van der Waals surface area contributed by atoms with Crippen LogP contribution in [0.1, 0.15) is 49.3 Å². The summed E-state index contributed by atoms with van der Waals surface area (Å²) >= 11 is 0. The first-order valence-electron chi connectivity index (χ1n) is 11.2. The summed E-state index contributed by atoms with van der Waals surface area (Å²) in [5, 5.41) is 11.4. The van der Waals surface area contributed by atoms with E-state index in [1.54, 1.807) is 4.52 Å². The molecule has 9 heteroatoms. The van der Waals surface area contributed by atoms with Crippen molar-refractivity contribution in [3.8, 4) is 0 Å². The van der Waals surface area contributed by atoms with E-state index in [0.29, 0.717) is 36.8 Å². The van der Waals surface area contributed by atoms with Crippen LogP contribution in [-0.2, 0) is 22.5 Å². The zero-order valence-corrected chi connectivity index (χ0v) is 18.7. The molecule has 4 rings (SSSR count). The van der Waals surface area contributed by atoms with E-state index in [0.717, 1.165) is 48.4 Å². The Balaban J connectivity index is 1.58. The van der Waals surface area contributed by atoms with E-state index in [1.165, 1.54) is 0 Å². The maximum Gasteiger partial charge on any atom is 0.229 e. The number of anilines is 2. The molecule has 2 aromatic heterocycles. The van der Waals surface area contributed by atoms with E-state index >= 15 is 0 Å². The van der Waals surface area contributed by atoms with Gasteiger partial charge in [0.05, 0.1) is 12.7 Å². The lowest BCUT2D eigenvalue weighted by Crippen LogP contribution is -2.29. The first-order valence-corrected chi connectivity index (χ1v) is 11.2. The summed E-state index contributed by atoms with van der Waals surface area (Å²) < 4.78 is 7.22. The first-order chi connectivity index (χ1) is 15.5. The fourth-order valence-electron chi connectivity index (χ4n) is 3.84. The first kappa shape index (κ1) is 22.2. The number of nitrogens with zero attached hydrogens (tertiary/aromatic N) is 4. The molecule has 0 atom stereocenters. The fraction of sp³-hybridized carbons (Fsp3) is 0.478. The number of benzene rings is 1. The number of Topliss-reactive ketones (excluding diaryl/α,β-unsaturated/α-hetero) is 1. The molecule has 0 amide bonds. The summed E-state index contributed by atoms with van der Waals surface area (Å²) in [7, 11) is 0. The molecule has 1 fully saturated rings. The second kappa shape index (κ2) is 10.1. The summed E-state index contributed by atoms with van der Waals surface area (Å²) in [4.78, 5) is 21.2. The average Bonchev–Trinajstić information content (AvgIpc) is 3.23. The largest absolute Gasteiger partial charge is 0.381 e. The van der Waals surface area contributed by atoms with E-state index in [9.17, 15) is 4.79 Å². The minimum Gasteiger partial charge on any atom is -0.381 e.